The number of amides is 1. The van der Waals surface area contributed by atoms with E-state index in [2.05, 4.69) is 5.32 Å². The molecule has 0 radical (unpaired) electrons. The van der Waals surface area contributed by atoms with E-state index < -0.39 is 29.5 Å². The highest BCUT2D eigenvalue weighted by Gasteiger charge is 2.48. The fraction of sp³-hybridized carbons (Fsp3) is 0.318. The summed E-state index contributed by atoms with van der Waals surface area (Å²) in [5.74, 6) is -3.30. The van der Waals surface area contributed by atoms with Crippen molar-refractivity contribution in [3.63, 3.8) is 0 Å². The van der Waals surface area contributed by atoms with Crippen LogP contribution in [0.5, 0.6) is 0 Å². The Hall–Kier alpha value is -3.22. The minimum Gasteiger partial charge on any atom is -0.469 e. The fourth-order valence-electron chi connectivity index (χ4n) is 4.20. The first-order valence-electron chi connectivity index (χ1n) is 9.52. The van der Waals surface area contributed by atoms with E-state index in [0.29, 0.717) is 22.6 Å². The summed E-state index contributed by atoms with van der Waals surface area (Å²) in [7, 11) is 0. The molecule has 0 bridgehead atoms. The van der Waals surface area contributed by atoms with Gasteiger partial charge in [-0.15, -0.1) is 0 Å². The van der Waals surface area contributed by atoms with E-state index >= 15 is 0 Å². The molecule has 0 saturated heterocycles. The Morgan fingerprint density at radius 3 is 2.62 bits per heavy atom. The van der Waals surface area contributed by atoms with Crippen molar-refractivity contribution < 1.29 is 27.9 Å². The maximum Gasteiger partial charge on any atom is 0.317 e. The second-order valence-electron chi connectivity index (χ2n) is 7.17. The highest BCUT2D eigenvalue weighted by molar-refractivity contribution is 6.12. The van der Waals surface area contributed by atoms with E-state index in [1.54, 1.807) is 31.2 Å². The Morgan fingerprint density at radius 1 is 1.21 bits per heavy atom. The van der Waals surface area contributed by atoms with Crippen LogP contribution in [0.2, 0.25) is 0 Å². The minimum absolute atomic E-state index is 0.0527. The Bertz CT molecular complexity index is 977. The van der Waals surface area contributed by atoms with Crippen molar-refractivity contribution in [1.29, 1.82) is 0 Å². The molecule has 1 amide bonds. The number of Topliss-reactive ketones (excluding diaryl/α,β-unsaturated/α-hetero) is 1. The van der Waals surface area contributed by atoms with E-state index in [9.17, 15) is 18.8 Å². The van der Waals surface area contributed by atoms with Gasteiger partial charge in [0.15, 0.2) is 5.78 Å². The number of hydrogen-bond donors (Lipinski definition) is 1. The first kappa shape index (κ1) is 19.1. The lowest BCUT2D eigenvalue weighted by Crippen LogP contribution is -2.44. The average Bonchev–Trinajstić information content (AvgIpc) is 3.22. The van der Waals surface area contributed by atoms with Crippen LogP contribution < -0.4 is 5.32 Å². The van der Waals surface area contributed by atoms with Gasteiger partial charge in [0, 0.05) is 29.5 Å². The molecule has 2 heterocycles. The molecule has 1 aromatic carbocycles. The van der Waals surface area contributed by atoms with E-state index in [1.807, 2.05) is 0 Å². The number of halogens is 1. The van der Waals surface area contributed by atoms with Gasteiger partial charge in [0.05, 0.1) is 12.9 Å². The lowest BCUT2D eigenvalue weighted by Gasteiger charge is -2.37. The summed E-state index contributed by atoms with van der Waals surface area (Å²) >= 11 is 0. The third kappa shape index (κ3) is 3.48. The maximum atomic E-state index is 13.5. The van der Waals surface area contributed by atoms with Gasteiger partial charge in [-0.1, -0.05) is 12.1 Å². The number of hydrogen-bond acceptors (Lipinski definition) is 5. The normalized spacial score (nSPS) is 24.1. The van der Waals surface area contributed by atoms with Gasteiger partial charge in [-0.25, -0.2) is 4.39 Å². The number of esters is 1. The third-order valence-corrected chi connectivity index (χ3v) is 5.45. The number of carbonyl (C=O) groups is 3. The molecule has 0 spiro atoms. The van der Waals surface area contributed by atoms with Gasteiger partial charge in [0.25, 0.3) is 0 Å². The summed E-state index contributed by atoms with van der Waals surface area (Å²) in [6, 6.07) is 9.11. The highest BCUT2D eigenvalue weighted by atomic mass is 19.1. The van der Waals surface area contributed by atoms with Gasteiger partial charge < -0.3 is 14.5 Å². The smallest absolute Gasteiger partial charge is 0.317 e. The van der Waals surface area contributed by atoms with Crippen LogP contribution in [-0.2, 0) is 19.1 Å². The summed E-state index contributed by atoms with van der Waals surface area (Å²) in [5.41, 5.74) is 1.53. The molecule has 7 heteroatoms. The number of furan rings is 1. The minimum atomic E-state index is -1.06. The van der Waals surface area contributed by atoms with Gasteiger partial charge in [-0.05, 0) is 43.2 Å². The Labute approximate surface area is 166 Å². The topological polar surface area (TPSA) is 85.6 Å². The Morgan fingerprint density at radius 2 is 1.97 bits per heavy atom. The van der Waals surface area contributed by atoms with Gasteiger partial charge in [-0.3, -0.25) is 14.4 Å². The quantitative estimate of drug-likeness (QED) is 0.633. The summed E-state index contributed by atoms with van der Waals surface area (Å²) in [4.78, 5) is 38.6. The molecular formula is C22H20FNO5. The molecule has 6 nitrogen and oxygen atoms in total. The van der Waals surface area contributed by atoms with Crippen molar-refractivity contribution in [1.82, 2.24) is 5.32 Å². The number of ether oxygens (including phenoxy) is 1. The average molecular weight is 397 g/mol. The van der Waals surface area contributed by atoms with Crippen molar-refractivity contribution in [3.8, 4) is 0 Å². The Kier molecular flexibility index (Phi) is 5.05. The molecule has 0 fully saturated rings. The van der Waals surface area contributed by atoms with Crippen LogP contribution in [0.3, 0.4) is 0 Å². The van der Waals surface area contributed by atoms with Gasteiger partial charge in [-0.2, -0.15) is 0 Å². The zero-order valence-electron chi connectivity index (χ0n) is 15.8. The van der Waals surface area contributed by atoms with Gasteiger partial charge >= 0.3 is 5.97 Å². The van der Waals surface area contributed by atoms with Crippen molar-refractivity contribution in [2.24, 2.45) is 5.92 Å². The summed E-state index contributed by atoms with van der Waals surface area (Å²) in [6.45, 7) is 1.83. The number of benzene rings is 1. The van der Waals surface area contributed by atoms with Crippen LogP contribution in [0, 0.1) is 11.7 Å². The van der Waals surface area contributed by atoms with Crippen molar-refractivity contribution in [3.05, 3.63) is 71.1 Å². The summed E-state index contributed by atoms with van der Waals surface area (Å²) < 4.78 is 24.0. The molecule has 1 N–H and O–H groups in total. The van der Waals surface area contributed by atoms with Crippen molar-refractivity contribution in [2.75, 3.05) is 6.61 Å². The number of carbonyl (C=O) groups excluding carboxylic acids is 3. The molecule has 0 unspecified atom stereocenters. The van der Waals surface area contributed by atoms with Crippen LogP contribution in [0.25, 0.3) is 0 Å². The zero-order chi connectivity index (χ0) is 20.5. The number of allylic oxidation sites excluding steroid dienone is 2. The molecule has 3 atom stereocenters. The molecule has 1 aliphatic carbocycles. The van der Waals surface area contributed by atoms with Gasteiger partial charge in [0.1, 0.15) is 17.5 Å². The second kappa shape index (κ2) is 7.66. The van der Waals surface area contributed by atoms with Gasteiger partial charge in [0.2, 0.25) is 5.91 Å². The van der Waals surface area contributed by atoms with Crippen molar-refractivity contribution in [2.45, 2.75) is 31.6 Å². The lowest BCUT2D eigenvalue weighted by atomic mass is 9.69. The van der Waals surface area contributed by atoms with Crippen LogP contribution in [0.4, 0.5) is 4.39 Å². The zero-order valence-corrected chi connectivity index (χ0v) is 15.8. The third-order valence-electron chi connectivity index (χ3n) is 5.45. The SMILES string of the molecule is CCOC(=O)[C@H]1C(=O)C2=C(C[C@H]1c1ccco1)NC(=O)C[C@H]2c1ccc(F)cc1. The number of nitrogens with one attached hydrogen (secondary N) is 1. The number of rotatable bonds is 4. The Balaban J connectivity index is 1.80. The van der Waals surface area contributed by atoms with Crippen LogP contribution in [-0.4, -0.2) is 24.3 Å². The van der Waals surface area contributed by atoms with Crippen LogP contribution >= 0.6 is 0 Å². The first-order valence-corrected chi connectivity index (χ1v) is 9.52. The van der Waals surface area contributed by atoms with Crippen LogP contribution in [0.1, 0.15) is 42.9 Å². The molecular weight excluding hydrogens is 377 g/mol. The van der Waals surface area contributed by atoms with E-state index in [-0.39, 0.29) is 31.1 Å². The van der Waals surface area contributed by atoms with E-state index in [0.717, 1.165) is 0 Å². The molecule has 2 aliphatic rings. The standard InChI is InChI=1S/C22H20FNO5/c1-2-28-22(27)20-15(17-4-3-9-29-17)10-16-19(21(20)26)14(11-18(25)24-16)12-5-7-13(23)8-6-12/h3-9,14-15,20H,2,10-11H2,1H3,(H,24,25)/t14-,15-,20+/m0/s1. The number of ketones is 1. The molecule has 1 aliphatic heterocycles. The molecule has 150 valence electrons. The molecule has 0 saturated carbocycles. The van der Waals surface area contributed by atoms with Crippen LogP contribution in [0.15, 0.2) is 58.3 Å². The molecule has 1 aromatic heterocycles. The summed E-state index contributed by atoms with van der Waals surface area (Å²) in [6.07, 6.45) is 1.80. The molecule has 2 aromatic rings. The lowest BCUT2D eigenvalue weighted by molar-refractivity contribution is -0.152. The van der Waals surface area contributed by atoms with Crippen molar-refractivity contribution >= 4 is 17.7 Å². The predicted octanol–water partition coefficient (Wildman–Crippen LogP) is 3.21. The molecule has 4 rings (SSSR count). The molecule has 29 heavy (non-hydrogen) atoms. The highest BCUT2D eigenvalue weighted by Crippen LogP contribution is 2.45. The largest absolute Gasteiger partial charge is 0.469 e. The van der Waals surface area contributed by atoms with E-state index in [4.69, 9.17) is 9.15 Å². The fourth-order valence-corrected chi connectivity index (χ4v) is 4.20. The predicted molar refractivity (Wildman–Crippen MR) is 100 cm³/mol. The second-order valence-corrected chi connectivity index (χ2v) is 7.17. The van der Waals surface area contributed by atoms with E-state index in [1.165, 1.54) is 18.4 Å². The summed E-state index contributed by atoms with van der Waals surface area (Å²) in [5, 5.41) is 2.80. The first-order chi connectivity index (χ1) is 14.0. The monoisotopic (exact) mass is 397 g/mol. The maximum absolute atomic E-state index is 13.5.